The fourth-order valence-electron chi connectivity index (χ4n) is 3.87. The van der Waals surface area contributed by atoms with E-state index < -0.39 is 0 Å². The third-order valence-corrected chi connectivity index (χ3v) is 5.22. The van der Waals surface area contributed by atoms with Gasteiger partial charge in [-0.05, 0) is 42.2 Å². The van der Waals surface area contributed by atoms with E-state index >= 15 is 0 Å². The van der Waals surface area contributed by atoms with Gasteiger partial charge in [0.2, 0.25) is 5.91 Å². The SMILES string of the molecule is Cc1cc(C)c2c(CC(=O)N(Cc3ccccc3)Cc3ccccc3)coc2c1. The van der Waals surface area contributed by atoms with Crippen LogP contribution in [-0.4, -0.2) is 10.8 Å². The molecule has 0 aliphatic heterocycles. The molecule has 0 aliphatic rings. The van der Waals surface area contributed by atoms with Gasteiger partial charge in [0, 0.05) is 24.0 Å². The summed E-state index contributed by atoms with van der Waals surface area (Å²) in [5, 5.41) is 1.06. The second kappa shape index (κ2) is 8.36. The van der Waals surface area contributed by atoms with Crippen molar-refractivity contribution in [2.45, 2.75) is 33.4 Å². The van der Waals surface area contributed by atoms with Crippen molar-refractivity contribution in [1.29, 1.82) is 0 Å². The second-order valence-corrected chi connectivity index (χ2v) is 7.61. The number of aryl methyl sites for hydroxylation is 2. The molecule has 0 unspecified atom stereocenters. The van der Waals surface area contributed by atoms with Crippen LogP contribution in [-0.2, 0) is 24.3 Å². The van der Waals surface area contributed by atoms with Gasteiger partial charge in [-0.1, -0.05) is 66.7 Å². The Morgan fingerprint density at radius 3 is 2.03 bits per heavy atom. The summed E-state index contributed by atoms with van der Waals surface area (Å²) in [7, 11) is 0. The predicted octanol–water partition coefficient (Wildman–Crippen LogP) is 5.82. The van der Waals surface area contributed by atoms with E-state index in [9.17, 15) is 4.79 Å². The van der Waals surface area contributed by atoms with Gasteiger partial charge >= 0.3 is 0 Å². The summed E-state index contributed by atoms with van der Waals surface area (Å²) in [5.74, 6) is 0.0976. The highest BCUT2D eigenvalue weighted by atomic mass is 16.3. The van der Waals surface area contributed by atoms with Crippen LogP contribution in [0.4, 0.5) is 0 Å². The van der Waals surface area contributed by atoms with Crippen LogP contribution < -0.4 is 0 Å². The molecule has 29 heavy (non-hydrogen) atoms. The van der Waals surface area contributed by atoms with Gasteiger partial charge in [-0.15, -0.1) is 0 Å². The van der Waals surface area contributed by atoms with E-state index in [4.69, 9.17) is 4.42 Å². The molecule has 0 saturated heterocycles. The second-order valence-electron chi connectivity index (χ2n) is 7.61. The highest BCUT2D eigenvalue weighted by Crippen LogP contribution is 2.27. The third kappa shape index (κ3) is 4.40. The van der Waals surface area contributed by atoms with Crippen LogP contribution in [0.2, 0.25) is 0 Å². The number of nitrogens with zero attached hydrogens (tertiary/aromatic N) is 1. The zero-order chi connectivity index (χ0) is 20.2. The molecular formula is C26H25NO2. The number of carbonyl (C=O) groups excluding carboxylic acids is 1. The molecule has 0 fully saturated rings. The maximum Gasteiger partial charge on any atom is 0.227 e. The van der Waals surface area contributed by atoms with E-state index in [-0.39, 0.29) is 5.91 Å². The standard InChI is InChI=1S/C26H25NO2/c1-19-13-20(2)26-23(18-29-24(26)14-19)15-25(28)27(16-21-9-5-3-6-10-21)17-22-11-7-4-8-12-22/h3-14,18H,15-17H2,1-2H3. The molecule has 0 spiro atoms. The Balaban J connectivity index is 1.61. The summed E-state index contributed by atoms with van der Waals surface area (Å²) in [6, 6.07) is 24.4. The number of furan rings is 1. The fraction of sp³-hybridized carbons (Fsp3) is 0.192. The average molecular weight is 383 g/mol. The smallest absolute Gasteiger partial charge is 0.227 e. The lowest BCUT2D eigenvalue weighted by molar-refractivity contribution is -0.131. The molecule has 0 N–H and O–H groups in total. The van der Waals surface area contributed by atoms with E-state index in [1.54, 1.807) is 6.26 Å². The van der Waals surface area contributed by atoms with Crippen LogP contribution in [0, 0.1) is 13.8 Å². The Morgan fingerprint density at radius 2 is 1.45 bits per heavy atom. The first kappa shape index (κ1) is 19.0. The molecule has 0 atom stereocenters. The Hall–Kier alpha value is -3.33. The zero-order valence-electron chi connectivity index (χ0n) is 16.9. The first-order chi connectivity index (χ1) is 14.1. The number of rotatable bonds is 6. The first-order valence-electron chi connectivity index (χ1n) is 9.93. The van der Waals surface area contributed by atoms with E-state index in [0.717, 1.165) is 38.8 Å². The maximum atomic E-state index is 13.3. The van der Waals surface area contributed by atoms with Crippen molar-refractivity contribution in [3.8, 4) is 0 Å². The van der Waals surface area contributed by atoms with Crippen LogP contribution in [0.1, 0.15) is 27.8 Å². The summed E-state index contributed by atoms with van der Waals surface area (Å²) in [4.78, 5) is 15.2. The zero-order valence-corrected chi connectivity index (χ0v) is 16.9. The van der Waals surface area contributed by atoms with Crippen molar-refractivity contribution in [1.82, 2.24) is 4.90 Å². The molecule has 3 nitrogen and oxygen atoms in total. The minimum absolute atomic E-state index is 0.0976. The number of hydrogen-bond acceptors (Lipinski definition) is 2. The molecule has 4 aromatic rings. The lowest BCUT2D eigenvalue weighted by atomic mass is 10.0. The molecule has 0 aliphatic carbocycles. The summed E-state index contributed by atoms with van der Waals surface area (Å²) in [5.41, 5.74) is 6.36. The van der Waals surface area contributed by atoms with Crippen LogP contribution >= 0.6 is 0 Å². The fourth-order valence-corrected chi connectivity index (χ4v) is 3.87. The highest BCUT2D eigenvalue weighted by Gasteiger charge is 2.19. The van der Waals surface area contributed by atoms with Crippen molar-refractivity contribution in [3.63, 3.8) is 0 Å². The van der Waals surface area contributed by atoms with Crippen molar-refractivity contribution >= 4 is 16.9 Å². The number of fused-ring (bicyclic) bond motifs is 1. The van der Waals surface area contributed by atoms with Crippen LogP contribution in [0.15, 0.2) is 83.5 Å². The van der Waals surface area contributed by atoms with E-state index in [1.807, 2.05) is 47.4 Å². The number of amides is 1. The molecule has 4 rings (SSSR count). The summed E-state index contributed by atoms with van der Waals surface area (Å²) in [6.07, 6.45) is 2.06. The Kier molecular flexibility index (Phi) is 5.48. The average Bonchev–Trinajstić information content (AvgIpc) is 3.11. The van der Waals surface area contributed by atoms with Crippen molar-refractivity contribution < 1.29 is 9.21 Å². The molecule has 0 bridgehead atoms. The van der Waals surface area contributed by atoms with Gasteiger partial charge in [0.15, 0.2) is 0 Å². The molecule has 0 radical (unpaired) electrons. The lowest BCUT2D eigenvalue weighted by Gasteiger charge is -2.23. The predicted molar refractivity (Wildman–Crippen MR) is 117 cm³/mol. The van der Waals surface area contributed by atoms with Crippen molar-refractivity contribution in [3.05, 3.63) is 107 Å². The minimum atomic E-state index is 0.0976. The minimum Gasteiger partial charge on any atom is -0.464 e. The molecule has 3 heteroatoms. The monoisotopic (exact) mass is 383 g/mol. The van der Waals surface area contributed by atoms with E-state index in [1.165, 1.54) is 0 Å². The Morgan fingerprint density at radius 1 is 0.862 bits per heavy atom. The molecular weight excluding hydrogens is 358 g/mol. The number of hydrogen-bond donors (Lipinski definition) is 0. The van der Waals surface area contributed by atoms with Gasteiger partial charge in [0.25, 0.3) is 0 Å². The van der Waals surface area contributed by atoms with E-state index in [2.05, 4.69) is 44.2 Å². The normalized spacial score (nSPS) is 11.0. The quantitative estimate of drug-likeness (QED) is 0.420. The number of carbonyl (C=O) groups is 1. The van der Waals surface area contributed by atoms with Gasteiger partial charge in [-0.25, -0.2) is 0 Å². The molecule has 146 valence electrons. The number of benzene rings is 3. The third-order valence-electron chi connectivity index (χ3n) is 5.22. The van der Waals surface area contributed by atoms with Crippen LogP contribution in [0.25, 0.3) is 11.0 Å². The van der Waals surface area contributed by atoms with Crippen LogP contribution in [0.3, 0.4) is 0 Å². The largest absolute Gasteiger partial charge is 0.464 e. The Labute approximate surface area is 171 Å². The Bertz CT molecular complexity index is 1070. The summed E-state index contributed by atoms with van der Waals surface area (Å²) in [6.45, 7) is 5.30. The van der Waals surface area contributed by atoms with Gasteiger partial charge in [0.1, 0.15) is 5.58 Å². The topological polar surface area (TPSA) is 33.5 Å². The summed E-state index contributed by atoms with van der Waals surface area (Å²) >= 11 is 0. The van der Waals surface area contributed by atoms with Crippen LogP contribution in [0.5, 0.6) is 0 Å². The van der Waals surface area contributed by atoms with Crippen molar-refractivity contribution in [2.75, 3.05) is 0 Å². The molecule has 1 amide bonds. The van der Waals surface area contributed by atoms with E-state index in [0.29, 0.717) is 19.5 Å². The highest BCUT2D eigenvalue weighted by molar-refractivity contribution is 5.90. The van der Waals surface area contributed by atoms with Gasteiger partial charge in [-0.2, -0.15) is 0 Å². The first-order valence-corrected chi connectivity index (χ1v) is 9.93. The molecule has 1 aromatic heterocycles. The lowest BCUT2D eigenvalue weighted by Crippen LogP contribution is -2.31. The summed E-state index contributed by atoms with van der Waals surface area (Å²) < 4.78 is 5.76. The molecule has 3 aromatic carbocycles. The maximum absolute atomic E-state index is 13.3. The van der Waals surface area contributed by atoms with Gasteiger partial charge in [0.05, 0.1) is 12.7 Å². The van der Waals surface area contributed by atoms with Gasteiger partial charge in [-0.3, -0.25) is 4.79 Å². The molecule has 1 heterocycles. The van der Waals surface area contributed by atoms with Gasteiger partial charge < -0.3 is 9.32 Å². The van der Waals surface area contributed by atoms with Crippen molar-refractivity contribution in [2.24, 2.45) is 0 Å². The molecule has 0 saturated carbocycles.